The van der Waals surface area contributed by atoms with E-state index in [0.29, 0.717) is 12.1 Å². The molecule has 0 aliphatic heterocycles. The Balaban J connectivity index is 2.48. The molecule has 1 aromatic heterocycles. The standard InChI is InChI=1S/C19H25NO2S/c1-5-6-9-20-18(22)15-12-13(19(2,3)4)11-14(17(15)21)16-8-7-10-23-16/h7-8,10-12,21H,5-6,9H2,1-4H3,(H,20,22). The van der Waals surface area contributed by atoms with Gasteiger partial charge in [-0.3, -0.25) is 4.79 Å². The van der Waals surface area contributed by atoms with Crippen LogP contribution >= 0.6 is 11.3 Å². The van der Waals surface area contributed by atoms with Crippen molar-refractivity contribution in [1.82, 2.24) is 5.32 Å². The monoisotopic (exact) mass is 331 g/mol. The number of benzene rings is 1. The number of unbranched alkanes of at least 4 members (excludes halogenated alkanes) is 1. The van der Waals surface area contributed by atoms with Gasteiger partial charge in [-0.05, 0) is 41.0 Å². The molecule has 0 radical (unpaired) electrons. The van der Waals surface area contributed by atoms with E-state index < -0.39 is 0 Å². The summed E-state index contributed by atoms with van der Waals surface area (Å²) in [6, 6.07) is 7.72. The van der Waals surface area contributed by atoms with Crippen LogP contribution in [-0.4, -0.2) is 17.6 Å². The van der Waals surface area contributed by atoms with Crippen LogP contribution < -0.4 is 5.32 Å². The van der Waals surface area contributed by atoms with Gasteiger partial charge in [0.25, 0.3) is 5.91 Å². The summed E-state index contributed by atoms with van der Waals surface area (Å²) in [7, 11) is 0. The molecule has 0 spiro atoms. The summed E-state index contributed by atoms with van der Waals surface area (Å²) in [6.07, 6.45) is 1.96. The van der Waals surface area contributed by atoms with Crippen molar-refractivity contribution in [3.8, 4) is 16.2 Å². The van der Waals surface area contributed by atoms with E-state index in [1.807, 2.05) is 29.6 Å². The number of rotatable bonds is 5. The molecule has 0 aliphatic carbocycles. The highest BCUT2D eigenvalue weighted by Crippen LogP contribution is 2.39. The van der Waals surface area contributed by atoms with Gasteiger partial charge >= 0.3 is 0 Å². The van der Waals surface area contributed by atoms with E-state index in [9.17, 15) is 9.90 Å². The van der Waals surface area contributed by atoms with Crippen LogP contribution in [-0.2, 0) is 5.41 Å². The first-order valence-electron chi connectivity index (χ1n) is 8.04. The molecule has 0 saturated heterocycles. The van der Waals surface area contributed by atoms with Gasteiger partial charge in [-0.2, -0.15) is 0 Å². The van der Waals surface area contributed by atoms with E-state index in [0.717, 1.165) is 28.8 Å². The predicted molar refractivity (Wildman–Crippen MR) is 97.4 cm³/mol. The fraction of sp³-hybridized carbons (Fsp3) is 0.421. The van der Waals surface area contributed by atoms with Gasteiger partial charge in [-0.1, -0.05) is 40.2 Å². The zero-order chi connectivity index (χ0) is 17.0. The number of carbonyl (C=O) groups excluding carboxylic acids is 1. The largest absolute Gasteiger partial charge is 0.506 e. The average molecular weight is 331 g/mol. The molecule has 0 fully saturated rings. The minimum absolute atomic E-state index is 0.0643. The minimum atomic E-state index is -0.208. The molecule has 0 aliphatic rings. The molecule has 2 aromatic rings. The lowest BCUT2D eigenvalue weighted by Gasteiger charge is -2.22. The Hall–Kier alpha value is -1.81. The van der Waals surface area contributed by atoms with E-state index in [2.05, 4.69) is 33.0 Å². The first-order chi connectivity index (χ1) is 10.8. The maximum Gasteiger partial charge on any atom is 0.255 e. The molecule has 0 unspecified atom stereocenters. The number of thiophene rings is 1. The summed E-state index contributed by atoms with van der Waals surface area (Å²) in [5.41, 5.74) is 2.03. The molecule has 0 atom stereocenters. The lowest BCUT2D eigenvalue weighted by molar-refractivity contribution is 0.0950. The lowest BCUT2D eigenvalue weighted by atomic mass is 9.84. The number of carbonyl (C=O) groups is 1. The third-order valence-electron chi connectivity index (χ3n) is 3.82. The number of amides is 1. The molecule has 3 nitrogen and oxygen atoms in total. The second-order valence-electron chi connectivity index (χ2n) is 6.76. The molecule has 4 heteroatoms. The van der Waals surface area contributed by atoms with E-state index >= 15 is 0 Å². The van der Waals surface area contributed by atoms with E-state index in [4.69, 9.17) is 0 Å². The first-order valence-corrected chi connectivity index (χ1v) is 8.92. The highest BCUT2D eigenvalue weighted by Gasteiger charge is 2.22. The Labute approximate surface area is 142 Å². The SMILES string of the molecule is CCCCNC(=O)c1cc(C(C)(C)C)cc(-c2cccs2)c1O. The van der Waals surface area contributed by atoms with Crippen LogP contribution in [0.15, 0.2) is 29.6 Å². The Morgan fingerprint density at radius 2 is 2.04 bits per heavy atom. The Bertz CT molecular complexity index is 669. The second kappa shape index (κ2) is 7.18. The molecule has 2 rings (SSSR count). The number of aromatic hydroxyl groups is 1. The maximum absolute atomic E-state index is 12.5. The third-order valence-corrected chi connectivity index (χ3v) is 4.73. The molecule has 23 heavy (non-hydrogen) atoms. The van der Waals surface area contributed by atoms with Crippen molar-refractivity contribution in [3.05, 3.63) is 40.8 Å². The molecule has 1 aromatic carbocycles. The second-order valence-corrected chi connectivity index (χ2v) is 7.70. The number of hydrogen-bond acceptors (Lipinski definition) is 3. The normalized spacial score (nSPS) is 11.5. The molecular weight excluding hydrogens is 306 g/mol. The predicted octanol–water partition coefficient (Wildman–Crippen LogP) is 4.95. The number of nitrogens with one attached hydrogen (secondary N) is 1. The van der Waals surface area contributed by atoms with Gasteiger partial charge in [0.2, 0.25) is 0 Å². The third kappa shape index (κ3) is 4.14. The highest BCUT2D eigenvalue weighted by molar-refractivity contribution is 7.13. The molecule has 2 N–H and O–H groups in total. The zero-order valence-corrected chi connectivity index (χ0v) is 15.1. The lowest BCUT2D eigenvalue weighted by Crippen LogP contribution is -2.25. The highest BCUT2D eigenvalue weighted by atomic mass is 32.1. The molecule has 0 saturated carbocycles. The summed E-state index contributed by atoms with van der Waals surface area (Å²) in [5.74, 6) is -0.144. The summed E-state index contributed by atoms with van der Waals surface area (Å²) >= 11 is 1.56. The Kier molecular flexibility index (Phi) is 5.47. The quantitative estimate of drug-likeness (QED) is 0.762. The smallest absolute Gasteiger partial charge is 0.255 e. The van der Waals surface area contributed by atoms with Crippen molar-refractivity contribution in [3.63, 3.8) is 0 Å². The van der Waals surface area contributed by atoms with Gasteiger partial charge in [0.15, 0.2) is 0 Å². The minimum Gasteiger partial charge on any atom is -0.506 e. The molecule has 1 amide bonds. The molecule has 124 valence electrons. The van der Waals surface area contributed by atoms with Gasteiger partial charge in [-0.25, -0.2) is 0 Å². The fourth-order valence-electron chi connectivity index (χ4n) is 2.33. The summed E-state index contributed by atoms with van der Waals surface area (Å²) in [6.45, 7) is 9.03. The summed E-state index contributed by atoms with van der Waals surface area (Å²) in [5, 5.41) is 15.5. The molecule has 1 heterocycles. The van der Waals surface area contributed by atoms with Crippen LogP contribution in [0, 0.1) is 0 Å². The maximum atomic E-state index is 12.5. The average Bonchev–Trinajstić information content (AvgIpc) is 3.00. The van der Waals surface area contributed by atoms with Crippen molar-refractivity contribution < 1.29 is 9.90 Å². The Morgan fingerprint density at radius 3 is 2.61 bits per heavy atom. The van der Waals surface area contributed by atoms with Gasteiger partial charge < -0.3 is 10.4 Å². The van der Waals surface area contributed by atoms with Gasteiger partial charge in [0.1, 0.15) is 5.75 Å². The zero-order valence-electron chi connectivity index (χ0n) is 14.3. The molecule has 0 bridgehead atoms. The van der Waals surface area contributed by atoms with Gasteiger partial charge in [0.05, 0.1) is 5.56 Å². The van der Waals surface area contributed by atoms with Crippen LogP contribution in [0.25, 0.3) is 10.4 Å². The van der Waals surface area contributed by atoms with E-state index in [1.165, 1.54) is 0 Å². The van der Waals surface area contributed by atoms with Gasteiger partial charge in [-0.15, -0.1) is 11.3 Å². The number of phenols is 1. The van der Waals surface area contributed by atoms with Crippen LogP contribution in [0.5, 0.6) is 5.75 Å². The van der Waals surface area contributed by atoms with E-state index in [1.54, 1.807) is 11.3 Å². The molecular formula is C19H25NO2S. The van der Waals surface area contributed by atoms with Crippen LogP contribution in [0.1, 0.15) is 56.5 Å². The van der Waals surface area contributed by atoms with Crippen molar-refractivity contribution in [2.45, 2.75) is 46.0 Å². The van der Waals surface area contributed by atoms with Crippen molar-refractivity contribution in [2.24, 2.45) is 0 Å². The van der Waals surface area contributed by atoms with Crippen LogP contribution in [0.3, 0.4) is 0 Å². The van der Waals surface area contributed by atoms with Gasteiger partial charge in [0, 0.05) is 17.0 Å². The fourth-order valence-corrected chi connectivity index (χ4v) is 3.08. The number of hydrogen-bond donors (Lipinski definition) is 2. The van der Waals surface area contributed by atoms with Crippen molar-refractivity contribution in [1.29, 1.82) is 0 Å². The topological polar surface area (TPSA) is 49.3 Å². The van der Waals surface area contributed by atoms with Crippen molar-refractivity contribution >= 4 is 17.2 Å². The number of phenolic OH excluding ortho intramolecular Hbond substituents is 1. The summed E-state index contributed by atoms with van der Waals surface area (Å²) < 4.78 is 0. The first kappa shape index (κ1) is 17.5. The van der Waals surface area contributed by atoms with E-state index in [-0.39, 0.29) is 17.1 Å². The van der Waals surface area contributed by atoms with Crippen molar-refractivity contribution in [2.75, 3.05) is 6.54 Å². The van der Waals surface area contributed by atoms with Crippen LogP contribution in [0.4, 0.5) is 0 Å². The van der Waals surface area contributed by atoms with Crippen LogP contribution in [0.2, 0.25) is 0 Å². The summed E-state index contributed by atoms with van der Waals surface area (Å²) in [4.78, 5) is 13.4. The Morgan fingerprint density at radius 1 is 1.30 bits per heavy atom.